The van der Waals surface area contributed by atoms with Gasteiger partial charge in [0, 0.05) is 12.2 Å². The third-order valence-corrected chi connectivity index (χ3v) is 2.88. The van der Waals surface area contributed by atoms with Gasteiger partial charge in [-0.1, -0.05) is 0 Å². The van der Waals surface area contributed by atoms with Crippen molar-refractivity contribution in [1.29, 1.82) is 0 Å². The summed E-state index contributed by atoms with van der Waals surface area (Å²) in [5.41, 5.74) is -2.73. The predicted molar refractivity (Wildman–Crippen MR) is 64.9 cm³/mol. The molecular formula is C12H12ClF6N. The lowest BCUT2D eigenvalue weighted by Gasteiger charge is -2.15. The highest BCUT2D eigenvalue weighted by Crippen LogP contribution is 2.38. The first-order chi connectivity index (χ1) is 8.66. The Bertz CT molecular complexity index is 432. The van der Waals surface area contributed by atoms with Crippen molar-refractivity contribution in [3.05, 3.63) is 29.3 Å². The van der Waals surface area contributed by atoms with Crippen molar-refractivity contribution in [2.24, 2.45) is 5.92 Å². The third kappa shape index (κ3) is 4.47. The molecule has 20 heavy (non-hydrogen) atoms. The first-order valence-electron chi connectivity index (χ1n) is 5.69. The van der Waals surface area contributed by atoms with E-state index in [-0.39, 0.29) is 24.2 Å². The number of benzene rings is 1. The average Bonchev–Trinajstić information content (AvgIpc) is 3.07. The molecule has 0 unspecified atom stereocenters. The van der Waals surface area contributed by atoms with E-state index in [0.717, 1.165) is 12.8 Å². The van der Waals surface area contributed by atoms with Gasteiger partial charge in [0.1, 0.15) is 0 Å². The Balaban J connectivity index is 0.00000200. The normalized spacial score (nSPS) is 15.7. The minimum atomic E-state index is -4.79. The second kappa shape index (κ2) is 5.71. The molecule has 1 aliphatic carbocycles. The van der Waals surface area contributed by atoms with Crippen LogP contribution in [0, 0.1) is 5.92 Å². The van der Waals surface area contributed by atoms with Gasteiger partial charge in [0.2, 0.25) is 0 Å². The third-order valence-electron chi connectivity index (χ3n) is 2.88. The van der Waals surface area contributed by atoms with Crippen LogP contribution in [0.3, 0.4) is 0 Å². The Morgan fingerprint density at radius 3 is 1.70 bits per heavy atom. The molecule has 0 atom stereocenters. The average molecular weight is 320 g/mol. The largest absolute Gasteiger partial charge is 0.416 e. The molecule has 1 saturated carbocycles. The maximum Gasteiger partial charge on any atom is 0.416 e. The van der Waals surface area contributed by atoms with Crippen LogP contribution in [0.15, 0.2) is 18.2 Å². The van der Waals surface area contributed by atoms with E-state index in [2.05, 4.69) is 5.32 Å². The fourth-order valence-electron chi connectivity index (χ4n) is 1.64. The monoisotopic (exact) mass is 319 g/mol. The van der Waals surface area contributed by atoms with E-state index in [0.29, 0.717) is 24.6 Å². The van der Waals surface area contributed by atoms with Crippen LogP contribution >= 0.6 is 12.4 Å². The lowest BCUT2D eigenvalue weighted by atomic mass is 10.1. The van der Waals surface area contributed by atoms with Crippen LogP contribution in [-0.2, 0) is 12.4 Å². The highest BCUT2D eigenvalue weighted by atomic mass is 35.5. The fourth-order valence-corrected chi connectivity index (χ4v) is 1.64. The first kappa shape index (κ1) is 16.9. The minimum absolute atomic E-state index is 0. The van der Waals surface area contributed by atoms with Gasteiger partial charge in [0.25, 0.3) is 0 Å². The van der Waals surface area contributed by atoms with E-state index in [1.54, 1.807) is 0 Å². The number of rotatable bonds is 3. The summed E-state index contributed by atoms with van der Waals surface area (Å²) in [6.45, 7) is 0.401. The quantitative estimate of drug-likeness (QED) is 0.776. The van der Waals surface area contributed by atoms with Gasteiger partial charge < -0.3 is 5.32 Å². The molecule has 0 amide bonds. The van der Waals surface area contributed by atoms with Crippen LogP contribution < -0.4 is 5.32 Å². The molecule has 1 nitrogen and oxygen atoms in total. The summed E-state index contributed by atoms with van der Waals surface area (Å²) in [4.78, 5) is 0. The molecule has 1 aromatic carbocycles. The van der Waals surface area contributed by atoms with E-state index in [4.69, 9.17) is 0 Å². The molecule has 0 heterocycles. The SMILES string of the molecule is Cl.FC(F)(F)c1cc(NCC2CC2)cc(C(F)(F)F)c1. The zero-order chi connectivity index (χ0) is 14.3. The summed E-state index contributed by atoms with van der Waals surface area (Å²) >= 11 is 0. The topological polar surface area (TPSA) is 12.0 Å². The molecule has 0 radical (unpaired) electrons. The highest BCUT2D eigenvalue weighted by Gasteiger charge is 2.37. The van der Waals surface area contributed by atoms with Crippen LogP contribution in [0.5, 0.6) is 0 Å². The fraction of sp³-hybridized carbons (Fsp3) is 0.500. The van der Waals surface area contributed by atoms with Crippen molar-refractivity contribution in [3.63, 3.8) is 0 Å². The van der Waals surface area contributed by atoms with Gasteiger partial charge in [-0.15, -0.1) is 12.4 Å². The van der Waals surface area contributed by atoms with Crippen LogP contribution in [-0.4, -0.2) is 6.54 Å². The van der Waals surface area contributed by atoms with Crippen LogP contribution in [0.4, 0.5) is 32.0 Å². The predicted octanol–water partition coefficient (Wildman–Crippen LogP) is 4.97. The van der Waals surface area contributed by atoms with Gasteiger partial charge >= 0.3 is 12.4 Å². The second-order valence-corrected chi connectivity index (χ2v) is 4.62. The maximum absolute atomic E-state index is 12.6. The van der Waals surface area contributed by atoms with Crippen LogP contribution in [0.2, 0.25) is 0 Å². The molecule has 114 valence electrons. The molecule has 0 aromatic heterocycles. The van der Waals surface area contributed by atoms with Crippen molar-refractivity contribution >= 4 is 18.1 Å². The van der Waals surface area contributed by atoms with Gasteiger partial charge in [-0.05, 0) is 37.0 Å². The Labute approximate surface area is 117 Å². The summed E-state index contributed by atoms with van der Waals surface area (Å²) in [5.74, 6) is 0.351. The molecule has 0 bridgehead atoms. The summed E-state index contributed by atoms with van der Waals surface area (Å²) < 4.78 is 75.3. The van der Waals surface area contributed by atoms with Crippen molar-refractivity contribution in [2.75, 3.05) is 11.9 Å². The summed E-state index contributed by atoms with van der Waals surface area (Å²) in [5, 5.41) is 2.63. The van der Waals surface area contributed by atoms with Gasteiger partial charge in [-0.3, -0.25) is 0 Å². The number of hydrogen-bond donors (Lipinski definition) is 1. The van der Waals surface area contributed by atoms with Crippen molar-refractivity contribution in [3.8, 4) is 0 Å². The highest BCUT2D eigenvalue weighted by molar-refractivity contribution is 5.85. The molecule has 1 aromatic rings. The second-order valence-electron chi connectivity index (χ2n) is 4.62. The summed E-state index contributed by atoms with van der Waals surface area (Å²) in [6.07, 6.45) is -7.68. The van der Waals surface area contributed by atoms with Crippen LogP contribution in [0.1, 0.15) is 24.0 Å². The Kier molecular flexibility index (Phi) is 4.84. The van der Waals surface area contributed by atoms with Crippen molar-refractivity contribution in [1.82, 2.24) is 0 Å². The Morgan fingerprint density at radius 1 is 0.900 bits per heavy atom. The van der Waals surface area contributed by atoms with Crippen molar-refractivity contribution in [2.45, 2.75) is 25.2 Å². The molecule has 2 rings (SSSR count). The van der Waals surface area contributed by atoms with Gasteiger partial charge in [0.15, 0.2) is 0 Å². The number of alkyl halides is 6. The molecule has 8 heteroatoms. The zero-order valence-electron chi connectivity index (χ0n) is 10.1. The van der Waals surface area contributed by atoms with E-state index in [1.165, 1.54) is 0 Å². The van der Waals surface area contributed by atoms with E-state index in [9.17, 15) is 26.3 Å². The lowest BCUT2D eigenvalue weighted by molar-refractivity contribution is -0.143. The van der Waals surface area contributed by atoms with E-state index in [1.807, 2.05) is 0 Å². The standard InChI is InChI=1S/C12H11F6N.ClH/c13-11(14,15)8-3-9(12(16,17)18)5-10(4-8)19-6-7-1-2-7;/h3-5,7,19H,1-2,6H2;1H. The smallest absolute Gasteiger partial charge is 0.385 e. The summed E-state index contributed by atoms with van der Waals surface area (Å²) in [6, 6.07) is 1.54. The molecule has 1 aliphatic rings. The molecule has 1 fully saturated rings. The van der Waals surface area contributed by atoms with Gasteiger partial charge in [-0.2, -0.15) is 26.3 Å². The Morgan fingerprint density at radius 2 is 1.35 bits per heavy atom. The van der Waals surface area contributed by atoms with Gasteiger partial charge in [0.05, 0.1) is 11.1 Å². The summed E-state index contributed by atoms with van der Waals surface area (Å²) in [7, 11) is 0. The number of nitrogens with one attached hydrogen (secondary N) is 1. The first-order valence-corrected chi connectivity index (χ1v) is 5.69. The maximum atomic E-state index is 12.6. The molecule has 0 spiro atoms. The van der Waals surface area contributed by atoms with Gasteiger partial charge in [-0.25, -0.2) is 0 Å². The van der Waals surface area contributed by atoms with E-state index < -0.39 is 23.5 Å². The Hall–Kier alpha value is -1.11. The number of anilines is 1. The molecule has 0 saturated heterocycles. The van der Waals surface area contributed by atoms with E-state index >= 15 is 0 Å². The molecular weight excluding hydrogens is 308 g/mol. The zero-order valence-corrected chi connectivity index (χ0v) is 10.9. The van der Waals surface area contributed by atoms with Crippen LogP contribution in [0.25, 0.3) is 0 Å². The molecule has 1 N–H and O–H groups in total. The number of hydrogen-bond acceptors (Lipinski definition) is 1. The number of halogens is 7. The molecule has 0 aliphatic heterocycles. The lowest BCUT2D eigenvalue weighted by Crippen LogP contribution is -2.13. The van der Waals surface area contributed by atoms with Crippen molar-refractivity contribution < 1.29 is 26.3 Å². The minimum Gasteiger partial charge on any atom is -0.385 e.